The van der Waals surface area contributed by atoms with Crippen LogP contribution in [0.4, 0.5) is 10.2 Å². The van der Waals surface area contributed by atoms with Gasteiger partial charge in [-0.1, -0.05) is 0 Å². The number of nitrogen functional groups attached to an aromatic ring is 1. The van der Waals surface area contributed by atoms with Crippen molar-refractivity contribution in [3.63, 3.8) is 0 Å². The van der Waals surface area contributed by atoms with Crippen LogP contribution in [0, 0.1) is 19.7 Å². The first-order chi connectivity index (χ1) is 13.9. The lowest BCUT2D eigenvalue weighted by Crippen LogP contribution is -2.12. The van der Waals surface area contributed by atoms with Crippen LogP contribution < -0.4 is 16.1 Å². The number of pyridine rings is 1. The molecule has 0 radical (unpaired) electrons. The van der Waals surface area contributed by atoms with Crippen molar-refractivity contribution >= 4 is 16.8 Å². The molecule has 0 atom stereocenters. The highest BCUT2D eigenvalue weighted by Crippen LogP contribution is 2.30. The van der Waals surface area contributed by atoms with Gasteiger partial charge in [0.25, 0.3) is 0 Å². The SMILES string of the molecule is Cc1cc2c(C)c(Cc3ccnc(N)c3F)c(=O)oc2cc1Oc1ncccn1. The Morgan fingerprint density at radius 1 is 1.14 bits per heavy atom. The highest BCUT2D eigenvalue weighted by atomic mass is 19.1. The molecule has 0 aliphatic heterocycles. The van der Waals surface area contributed by atoms with Gasteiger partial charge in [0.15, 0.2) is 11.6 Å². The summed E-state index contributed by atoms with van der Waals surface area (Å²) in [4.78, 5) is 24.4. The Kier molecular flexibility index (Phi) is 4.67. The largest absolute Gasteiger partial charge is 0.424 e. The van der Waals surface area contributed by atoms with Crippen molar-refractivity contribution in [3.05, 3.63) is 81.3 Å². The van der Waals surface area contributed by atoms with Gasteiger partial charge in [0, 0.05) is 42.0 Å². The average molecular weight is 392 g/mol. The van der Waals surface area contributed by atoms with E-state index in [1.54, 1.807) is 31.5 Å². The Balaban J connectivity index is 1.78. The number of hydrogen-bond acceptors (Lipinski definition) is 7. The van der Waals surface area contributed by atoms with Gasteiger partial charge in [-0.3, -0.25) is 0 Å². The van der Waals surface area contributed by atoms with Gasteiger partial charge < -0.3 is 14.9 Å². The van der Waals surface area contributed by atoms with E-state index in [9.17, 15) is 9.18 Å². The Bertz CT molecular complexity index is 1270. The van der Waals surface area contributed by atoms with Crippen LogP contribution in [0.25, 0.3) is 11.0 Å². The summed E-state index contributed by atoms with van der Waals surface area (Å²) in [5, 5.41) is 0.737. The average Bonchev–Trinajstić information content (AvgIpc) is 2.70. The molecule has 0 aliphatic rings. The molecule has 0 bridgehead atoms. The van der Waals surface area contributed by atoms with Crippen molar-refractivity contribution in [2.45, 2.75) is 20.3 Å². The van der Waals surface area contributed by atoms with E-state index in [0.29, 0.717) is 22.5 Å². The van der Waals surface area contributed by atoms with Gasteiger partial charge in [-0.25, -0.2) is 24.1 Å². The minimum Gasteiger partial charge on any atom is -0.424 e. The molecule has 0 fully saturated rings. The summed E-state index contributed by atoms with van der Waals surface area (Å²) in [6, 6.07) is 6.85. The van der Waals surface area contributed by atoms with Gasteiger partial charge in [-0.15, -0.1) is 0 Å². The first-order valence-electron chi connectivity index (χ1n) is 8.84. The lowest BCUT2D eigenvalue weighted by atomic mass is 9.98. The minimum atomic E-state index is -0.630. The fraction of sp³-hybridized carbons (Fsp3) is 0.143. The van der Waals surface area contributed by atoms with Crippen LogP contribution in [0.1, 0.15) is 22.3 Å². The fourth-order valence-corrected chi connectivity index (χ4v) is 3.10. The molecular weight excluding hydrogens is 375 g/mol. The first-order valence-corrected chi connectivity index (χ1v) is 8.84. The third-order valence-electron chi connectivity index (χ3n) is 4.69. The third-order valence-corrected chi connectivity index (χ3v) is 4.69. The van der Waals surface area contributed by atoms with Crippen molar-refractivity contribution in [1.82, 2.24) is 15.0 Å². The van der Waals surface area contributed by atoms with Gasteiger partial charge in [-0.05, 0) is 48.7 Å². The second kappa shape index (κ2) is 7.31. The zero-order valence-corrected chi connectivity index (χ0v) is 15.8. The fourth-order valence-electron chi connectivity index (χ4n) is 3.10. The monoisotopic (exact) mass is 392 g/mol. The van der Waals surface area contributed by atoms with Crippen molar-refractivity contribution in [1.29, 1.82) is 0 Å². The van der Waals surface area contributed by atoms with Crippen LogP contribution in [0.15, 0.2) is 52.1 Å². The van der Waals surface area contributed by atoms with Gasteiger partial charge in [-0.2, -0.15) is 0 Å². The lowest BCUT2D eigenvalue weighted by Gasteiger charge is -2.12. The molecule has 8 heteroatoms. The summed E-state index contributed by atoms with van der Waals surface area (Å²) in [5.74, 6) is -0.354. The lowest BCUT2D eigenvalue weighted by molar-refractivity contribution is 0.437. The second-order valence-electron chi connectivity index (χ2n) is 6.59. The molecule has 146 valence electrons. The number of aryl methyl sites for hydroxylation is 2. The molecule has 1 aromatic carbocycles. The Morgan fingerprint density at radius 3 is 2.66 bits per heavy atom. The van der Waals surface area contributed by atoms with Crippen LogP contribution in [0.3, 0.4) is 0 Å². The highest BCUT2D eigenvalue weighted by molar-refractivity contribution is 5.83. The van der Waals surface area contributed by atoms with Gasteiger partial charge in [0.05, 0.1) is 0 Å². The number of fused-ring (bicyclic) bond motifs is 1. The van der Waals surface area contributed by atoms with E-state index in [-0.39, 0.29) is 23.8 Å². The Hall–Kier alpha value is -3.81. The minimum absolute atomic E-state index is 0.0534. The second-order valence-corrected chi connectivity index (χ2v) is 6.59. The molecule has 0 spiro atoms. The number of aromatic nitrogens is 3. The van der Waals surface area contributed by atoms with Crippen LogP contribution in [0.2, 0.25) is 0 Å². The molecule has 4 rings (SSSR count). The molecule has 3 heterocycles. The standard InChI is InChI=1S/C21H17FN4O3/c1-11-8-14-12(2)15(9-13-4-7-24-19(23)18(13)22)20(27)28-17(14)10-16(11)29-21-25-5-3-6-26-21/h3-8,10H,9H2,1-2H3,(H2,23,24). The Morgan fingerprint density at radius 2 is 1.90 bits per heavy atom. The van der Waals surface area contributed by atoms with Gasteiger partial charge in [0.2, 0.25) is 0 Å². The topological polar surface area (TPSA) is 104 Å². The predicted molar refractivity (Wildman–Crippen MR) is 105 cm³/mol. The number of nitrogens with zero attached hydrogens (tertiary/aromatic N) is 3. The maximum absolute atomic E-state index is 14.2. The number of rotatable bonds is 4. The number of ether oxygens (including phenoxy) is 1. The summed E-state index contributed by atoms with van der Waals surface area (Å²) < 4.78 is 25.4. The molecule has 0 saturated carbocycles. The van der Waals surface area contributed by atoms with Crippen LogP contribution in [-0.4, -0.2) is 15.0 Å². The Labute approximate surface area is 165 Å². The van der Waals surface area contributed by atoms with E-state index in [1.165, 1.54) is 12.3 Å². The quantitative estimate of drug-likeness (QED) is 0.528. The molecule has 4 aromatic rings. The van der Waals surface area contributed by atoms with Crippen molar-refractivity contribution in [2.24, 2.45) is 0 Å². The number of halogens is 1. The van der Waals surface area contributed by atoms with E-state index in [4.69, 9.17) is 14.9 Å². The molecular formula is C21H17FN4O3. The molecule has 29 heavy (non-hydrogen) atoms. The van der Waals surface area contributed by atoms with Gasteiger partial charge >= 0.3 is 11.6 Å². The summed E-state index contributed by atoms with van der Waals surface area (Å²) in [7, 11) is 0. The summed E-state index contributed by atoms with van der Waals surface area (Å²) in [6.45, 7) is 3.67. The highest BCUT2D eigenvalue weighted by Gasteiger charge is 2.17. The van der Waals surface area contributed by atoms with Crippen molar-refractivity contribution in [2.75, 3.05) is 5.73 Å². The maximum atomic E-state index is 14.2. The zero-order valence-electron chi connectivity index (χ0n) is 15.8. The summed E-state index contributed by atoms with van der Waals surface area (Å²) >= 11 is 0. The number of benzene rings is 1. The molecule has 2 N–H and O–H groups in total. The van der Waals surface area contributed by atoms with E-state index in [1.807, 2.05) is 13.0 Å². The third kappa shape index (κ3) is 3.52. The number of anilines is 1. The molecule has 7 nitrogen and oxygen atoms in total. The van der Waals surface area contributed by atoms with Crippen molar-refractivity contribution < 1.29 is 13.5 Å². The van der Waals surface area contributed by atoms with E-state index in [2.05, 4.69) is 15.0 Å². The normalized spacial score (nSPS) is 11.0. The van der Waals surface area contributed by atoms with Crippen molar-refractivity contribution in [3.8, 4) is 11.8 Å². The van der Waals surface area contributed by atoms with E-state index >= 15 is 0 Å². The van der Waals surface area contributed by atoms with E-state index in [0.717, 1.165) is 10.9 Å². The maximum Gasteiger partial charge on any atom is 0.340 e. The zero-order chi connectivity index (χ0) is 20.5. The predicted octanol–water partition coefficient (Wildman–Crippen LogP) is 3.70. The molecule has 0 aliphatic carbocycles. The smallest absolute Gasteiger partial charge is 0.340 e. The number of hydrogen-bond donors (Lipinski definition) is 1. The van der Waals surface area contributed by atoms with Crippen LogP contribution in [-0.2, 0) is 6.42 Å². The molecule has 0 amide bonds. The van der Waals surface area contributed by atoms with E-state index < -0.39 is 11.4 Å². The molecule has 0 saturated heterocycles. The van der Waals surface area contributed by atoms with Crippen LogP contribution in [0.5, 0.6) is 11.8 Å². The van der Waals surface area contributed by atoms with Gasteiger partial charge in [0.1, 0.15) is 11.3 Å². The molecule has 0 unspecified atom stereocenters. The summed E-state index contributed by atoms with van der Waals surface area (Å²) in [5.41, 5.74) is 7.51. The first kappa shape index (κ1) is 18.5. The van der Waals surface area contributed by atoms with Crippen LogP contribution >= 0.6 is 0 Å². The number of nitrogens with two attached hydrogens (primary N) is 1. The molecule has 3 aromatic heterocycles. The summed E-state index contributed by atoms with van der Waals surface area (Å²) in [6.07, 6.45) is 4.60.